The van der Waals surface area contributed by atoms with Gasteiger partial charge in [-0.15, -0.1) is 0 Å². The van der Waals surface area contributed by atoms with Crippen LogP contribution in [0.4, 0.5) is 22.0 Å². The first-order chi connectivity index (χ1) is 9.79. The van der Waals surface area contributed by atoms with Crippen molar-refractivity contribution in [3.63, 3.8) is 0 Å². The fourth-order valence-electron chi connectivity index (χ4n) is 3.04. The first-order valence-corrected chi connectivity index (χ1v) is 7.04. The predicted octanol–water partition coefficient (Wildman–Crippen LogP) is 4.20. The van der Waals surface area contributed by atoms with Gasteiger partial charge in [0.25, 0.3) is 0 Å². The van der Waals surface area contributed by atoms with E-state index in [4.69, 9.17) is 5.73 Å². The van der Waals surface area contributed by atoms with Crippen molar-refractivity contribution >= 4 is 0 Å². The Balaban J connectivity index is 2.03. The summed E-state index contributed by atoms with van der Waals surface area (Å²) in [7, 11) is 0. The molecule has 1 nitrogen and oxygen atoms in total. The molecule has 0 spiro atoms. The zero-order chi connectivity index (χ0) is 15.6. The maximum Gasteiger partial charge on any atom is 0.391 e. The lowest BCUT2D eigenvalue weighted by molar-refractivity contribution is -0.186. The summed E-state index contributed by atoms with van der Waals surface area (Å²) in [5.74, 6) is -3.57. The lowest BCUT2D eigenvalue weighted by atomic mass is 9.76. The van der Waals surface area contributed by atoms with E-state index in [1.165, 1.54) is 12.1 Å². The molecular formula is C15H18F5N. The number of nitrogens with two attached hydrogens (primary N) is 1. The summed E-state index contributed by atoms with van der Waals surface area (Å²) in [6, 6.07) is 3.21. The molecule has 0 heterocycles. The molecule has 1 aliphatic carbocycles. The summed E-state index contributed by atoms with van der Waals surface area (Å²) in [6.45, 7) is 0. The van der Waals surface area contributed by atoms with E-state index in [0.29, 0.717) is 12.8 Å². The SMILES string of the molecule is NC(Cc1cccc(F)c1F)C1CCCC(C(F)(F)F)C1. The third kappa shape index (κ3) is 3.93. The molecule has 1 fully saturated rings. The van der Waals surface area contributed by atoms with Crippen LogP contribution in [0.25, 0.3) is 0 Å². The number of hydrogen-bond acceptors (Lipinski definition) is 1. The van der Waals surface area contributed by atoms with Gasteiger partial charge in [0.2, 0.25) is 0 Å². The third-order valence-corrected chi connectivity index (χ3v) is 4.27. The third-order valence-electron chi connectivity index (χ3n) is 4.27. The smallest absolute Gasteiger partial charge is 0.327 e. The molecule has 1 aromatic carbocycles. The van der Waals surface area contributed by atoms with E-state index in [-0.39, 0.29) is 30.7 Å². The van der Waals surface area contributed by atoms with E-state index >= 15 is 0 Å². The van der Waals surface area contributed by atoms with Crippen LogP contribution < -0.4 is 5.73 Å². The zero-order valence-corrected chi connectivity index (χ0v) is 11.5. The van der Waals surface area contributed by atoms with Crippen molar-refractivity contribution in [1.82, 2.24) is 0 Å². The van der Waals surface area contributed by atoms with E-state index < -0.39 is 29.8 Å². The molecule has 118 valence electrons. The highest BCUT2D eigenvalue weighted by Gasteiger charge is 2.43. The summed E-state index contributed by atoms with van der Waals surface area (Å²) in [4.78, 5) is 0. The van der Waals surface area contributed by atoms with Gasteiger partial charge < -0.3 is 5.73 Å². The van der Waals surface area contributed by atoms with Crippen LogP contribution in [0, 0.1) is 23.5 Å². The van der Waals surface area contributed by atoms with Crippen LogP contribution in [-0.2, 0) is 6.42 Å². The summed E-state index contributed by atoms with van der Waals surface area (Å²) in [5, 5.41) is 0. The lowest BCUT2D eigenvalue weighted by Crippen LogP contribution is -2.39. The fraction of sp³-hybridized carbons (Fsp3) is 0.600. The molecule has 1 saturated carbocycles. The molecular weight excluding hydrogens is 289 g/mol. The fourth-order valence-corrected chi connectivity index (χ4v) is 3.04. The van der Waals surface area contributed by atoms with Crippen LogP contribution >= 0.6 is 0 Å². The Labute approximate surface area is 120 Å². The van der Waals surface area contributed by atoms with Gasteiger partial charge >= 0.3 is 6.18 Å². The van der Waals surface area contributed by atoms with E-state index in [1.807, 2.05) is 0 Å². The van der Waals surface area contributed by atoms with Crippen molar-refractivity contribution in [2.45, 2.75) is 44.3 Å². The van der Waals surface area contributed by atoms with Crippen molar-refractivity contribution in [2.24, 2.45) is 17.6 Å². The molecule has 2 N–H and O–H groups in total. The Morgan fingerprint density at radius 3 is 2.57 bits per heavy atom. The highest BCUT2D eigenvalue weighted by molar-refractivity contribution is 5.20. The highest BCUT2D eigenvalue weighted by atomic mass is 19.4. The van der Waals surface area contributed by atoms with Gasteiger partial charge in [-0.25, -0.2) is 8.78 Å². The number of rotatable bonds is 3. The number of benzene rings is 1. The van der Waals surface area contributed by atoms with E-state index in [2.05, 4.69) is 0 Å². The molecule has 0 aromatic heterocycles. The van der Waals surface area contributed by atoms with Gasteiger partial charge in [0.15, 0.2) is 11.6 Å². The van der Waals surface area contributed by atoms with Gasteiger partial charge in [-0.2, -0.15) is 13.2 Å². The minimum absolute atomic E-state index is 0.0262. The molecule has 0 saturated heterocycles. The molecule has 1 aromatic rings. The monoisotopic (exact) mass is 307 g/mol. The quantitative estimate of drug-likeness (QED) is 0.832. The normalized spacial score (nSPS) is 24.9. The van der Waals surface area contributed by atoms with Crippen LogP contribution in [0.15, 0.2) is 18.2 Å². The zero-order valence-electron chi connectivity index (χ0n) is 11.5. The Bertz CT molecular complexity index is 485. The standard InChI is InChI=1S/C15H18F5N/c16-12-6-2-4-10(14(12)17)8-13(21)9-3-1-5-11(7-9)15(18,19)20/h2,4,6,9,11,13H,1,3,5,7-8,21H2. The largest absolute Gasteiger partial charge is 0.391 e. The molecule has 6 heteroatoms. The minimum atomic E-state index is -4.21. The molecule has 3 atom stereocenters. The molecule has 2 rings (SSSR count). The van der Waals surface area contributed by atoms with Crippen LogP contribution in [-0.4, -0.2) is 12.2 Å². The second-order valence-corrected chi connectivity index (χ2v) is 5.75. The molecule has 1 aliphatic rings. The number of hydrogen-bond donors (Lipinski definition) is 1. The average Bonchev–Trinajstić information content (AvgIpc) is 2.43. The first kappa shape index (κ1) is 16.2. The molecule has 0 aliphatic heterocycles. The lowest BCUT2D eigenvalue weighted by Gasteiger charge is -2.33. The summed E-state index contributed by atoms with van der Waals surface area (Å²) < 4.78 is 65.0. The van der Waals surface area contributed by atoms with Crippen LogP contribution in [0.1, 0.15) is 31.2 Å². The molecule has 0 radical (unpaired) electrons. The summed E-state index contributed by atoms with van der Waals surface area (Å²) in [5.41, 5.74) is 6.07. The molecule has 0 bridgehead atoms. The predicted molar refractivity (Wildman–Crippen MR) is 69.5 cm³/mol. The Morgan fingerprint density at radius 2 is 1.90 bits per heavy atom. The average molecular weight is 307 g/mol. The van der Waals surface area contributed by atoms with Crippen LogP contribution in [0.3, 0.4) is 0 Å². The van der Waals surface area contributed by atoms with Crippen molar-refractivity contribution in [1.29, 1.82) is 0 Å². The minimum Gasteiger partial charge on any atom is -0.327 e. The van der Waals surface area contributed by atoms with E-state index in [0.717, 1.165) is 6.07 Å². The maximum atomic E-state index is 13.6. The number of halogens is 5. The van der Waals surface area contributed by atoms with Crippen molar-refractivity contribution in [3.05, 3.63) is 35.4 Å². The van der Waals surface area contributed by atoms with Crippen molar-refractivity contribution < 1.29 is 22.0 Å². The second-order valence-electron chi connectivity index (χ2n) is 5.75. The van der Waals surface area contributed by atoms with Crippen LogP contribution in [0.5, 0.6) is 0 Å². The van der Waals surface area contributed by atoms with Gasteiger partial charge in [-0.3, -0.25) is 0 Å². The first-order valence-electron chi connectivity index (χ1n) is 7.04. The molecule has 21 heavy (non-hydrogen) atoms. The Kier molecular flexibility index (Phi) is 4.86. The van der Waals surface area contributed by atoms with Gasteiger partial charge in [0.05, 0.1) is 5.92 Å². The maximum absolute atomic E-state index is 13.6. The highest BCUT2D eigenvalue weighted by Crippen LogP contribution is 2.41. The molecule has 3 unspecified atom stereocenters. The van der Waals surface area contributed by atoms with Gasteiger partial charge in [-0.05, 0) is 43.2 Å². The van der Waals surface area contributed by atoms with Gasteiger partial charge in [0.1, 0.15) is 0 Å². The van der Waals surface area contributed by atoms with Gasteiger partial charge in [-0.1, -0.05) is 18.6 Å². The van der Waals surface area contributed by atoms with Crippen molar-refractivity contribution in [2.75, 3.05) is 0 Å². The van der Waals surface area contributed by atoms with E-state index in [1.54, 1.807) is 0 Å². The summed E-state index contributed by atoms with van der Waals surface area (Å²) in [6.07, 6.45) is -2.98. The number of alkyl halides is 3. The molecule has 0 amide bonds. The summed E-state index contributed by atoms with van der Waals surface area (Å²) >= 11 is 0. The Morgan fingerprint density at radius 1 is 1.19 bits per heavy atom. The van der Waals surface area contributed by atoms with Crippen molar-refractivity contribution in [3.8, 4) is 0 Å². The van der Waals surface area contributed by atoms with Gasteiger partial charge in [0, 0.05) is 6.04 Å². The Hall–Kier alpha value is -1.17. The second kappa shape index (κ2) is 6.30. The van der Waals surface area contributed by atoms with Crippen LogP contribution in [0.2, 0.25) is 0 Å². The topological polar surface area (TPSA) is 26.0 Å². The van der Waals surface area contributed by atoms with E-state index in [9.17, 15) is 22.0 Å².